The molecule has 5 N–H and O–H groups in total. The van der Waals surface area contributed by atoms with Crippen molar-refractivity contribution in [1.29, 1.82) is 5.41 Å². The Morgan fingerprint density at radius 3 is 2.46 bits per heavy atom. The third-order valence-corrected chi connectivity index (χ3v) is 8.33. The SMILES string of the molecule is N=C(N)N1CCCC(CN(NS(=O)(=O)c2ccc3ccccc3c2)C(=O)NC2CCCCCC2)C1. The van der Waals surface area contributed by atoms with Gasteiger partial charge in [0, 0.05) is 25.7 Å². The van der Waals surface area contributed by atoms with Crippen molar-refractivity contribution >= 4 is 32.8 Å². The molecule has 9 nitrogen and oxygen atoms in total. The summed E-state index contributed by atoms with van der Waals surface area (Å²) in [6.07, 6.45) is 7.90. The lowest BCUT2D eigenvalue weighted by Crippen LogP contribution is -2.56. The van der Waals surface area contributed by atoms with Gasteiger partial charge in [-0.25, -0.2) is 18.2 Å². The maximum Gasteiger partial charge on any atom is 0.332 e. The first kappa shape index (κ1) is 25.2. The van der Waals surface area contributed by atoms with Crippen molar-refractivity contribution < 1.29 is 13.2 Å². The summed E-state index contributed by atoms with van der Waals surface area (Å²) in [5, 5.41) is 13.8. The van der Waals surface area contributed by atoms with Crippen LogP contribution in [0.25, 0.3) is 10.8 Å². The number of carbonyl (C=O) groups excluding carboxylic acids is 1. The van der Waals surface area contributed by atoms with E-state index in [1.165, 1.54) is 5.01 Å². The zero-order chi connectivity index (χ0) is 24.8. The lowest BCUT2D eigenvalue weighted by Gasteiger charge is -2.36. The minimum Gasteiger partial charge on any atom is -0.370 e. The van der Waals surface area contributed by atoms with Crippen LogP contribution in [0.2, 0.25) is 0 Å². The molecule has 1 aliphatic heterocycles. The number of fused-ring (bicyclic) bond motifs is 1. The first-order valence-electron chi connectivity index (χ1n) is 12.5. The highest BCUT2D eigenvalue weighted by Crippen LogP contribution is 2.22. The molecule has 0 aromatic heterocycles. The molecule has 2 aromatic carbocycles. The minimum absolute atomic E-state index is 0.000835. The van der Waals surface area contributed by atoms with Gasteiger partial charge in [-0.05, 0) is 54.5 Å². The van der Waals surface area contributed by atoms with E-state index in [0.29, 0.717) is 13.1 Å². The van der Waals surface area contributed by atoms with E-state index in [9.17, 15) is 13.2 Å². The fourth-order valence-electron chi connectivity index (χ4n) is 5.06. The molecule has 4 rings (SSSR count). The Morgan fingerprint density at radius 2 is 1.74 bits per heavy atom. The highest BCUT2D eigenvalue weighted by Gasteiger charge is 2.29. The second-order valence-corrected chi connectivity index (χ2v) is 11.4. The molecule has 35 heavy (non-hydrogen) atoms. The Balaban J connectivity index is 1.54. The Morgan fingerprint density at radius 1 is 1.03 bits per heavy atom. The molecule has 1 heterocycles. The third kappa shape index (κ3) is 6.64. The van der Waals surface area contributed by atoms with Gasteiger partial charge in [-0.2, -0.15) is 0 Å². The second kappa shape index (κ2) is 11.3. The van der Waals surface area contributed by atoms with Crippen LogP contribution in [-0.4, -0.2) is 56.0 Å². The number of likely N-dealkylation sites (tertiary alicyclic amines) is 1. The number of nitrogens with two attached hydrogens (primary N) is 1. The van der Waals surface area contributed by atoms with Gasteiger partial charge in [0.05, 0.1) is 4.90 Å². The predicted octanol–water partition coefficient (Wildman–Crippen LogP) is 3.37. The van der Waals surface area contributed by atoms with Crippen LogP contribution in [0.3, 0.4) is 0 Å². The Hall–Kier alpha value is -2.85. The van der Waals surface area contributed by atoms with Gasteiger partial charge in [-0.3, -0.25) is 5.41 Å². The van der Waals surface area contributed by atoms with Crippen molar-refractivity contribution in [2.75, 3.05) is 19.6 Å². The normalized spacial score (nSPS) is 19.8. The molecule has 1 saturated carbocycles. The average Bonchev–Trinajstić information content (AvgIpc) is 3.12. The molecule has 0 radical (unpaired) electrons. The number of piperidine rings is 1. The van der Waals surface area contributed by atoms with Gasteiger partial charge in [0.1, 0.15) is 0 Å². The standard InChI is InChI=1S/C25H36N6O3S/c26-24(27)30-15-7-8-19(17-30)18-31(25(32)28-22-11-3-1-2-4-12-22)29-35(33,34)23-14-13-20-9-5-6-10-21(20)16-23/h5-6,9-10,13-14,16,19,22,29H,1-4,7-8,11-12,15,17-18H2,(H3,26,27)(H,28,32). The number of nitrogens with one attached hydrogen (secondary N) is 3. The van der Waals surface area contributed by atoms with E-state index in [4.69, 9.17) is 11.1 Å². The van der Waals surface area contributed by atoms with Crippen molar-refractivity contribution in [2.45, 2.75) is 62.3 Å². The fraction of sp³-hybridized carbons (Fsp3) is 0.520. The van der Waals surface area contributed by atoms with E-state index in [1.54, 1.807) is 23.1 Å². The van der Waals surface area contributed by atoms with Gasteiger partial charge in [0.2, 0.25) is 0 Å². The summed E-state index contributed by atoms with van der Waals surface area (Å²) in [7, 11) is -3.99. The maximum absolute atomic E-state index is 13.4. The highest BCUT2D eigenvalue weighted by atomic mass is 32.2. The predicted molar refractivity (Wildman–Crippen MR) is 137 cm³/mol. The number of benzene rings is 2. The molecule has 1 aliphatic carbocycles. The van der Waals surface area contributed by atoms with Crippen LogP contribution in [0, 0.1) is 11.3 Å². The van der Waals surface area contributed by atoms with Gasteiger partial charge in [0.15, 0.2) is 5.96 Å². The lowest BCUT2D eigenvalue weighted by molar-refractivity contribution is 0.151. The van der Waals surface area contributed by atoms with Crippen molar-refractivity contribution in [2.24, 2.45) is 11.7 Å². The van der Waals surface area contributed by atoms with E-state index in [0.717, 1.165) is 62.1 Å². The number of guanidine groups is 1. The number of hydrazine groups is 1. The van der Waals surface area contributed by atoms with Crippen molar-refractivity contribution in [3.63, 3.8) is 0 Å². The molecular weight excluding hydrogens is 464 g/mol. The van der Waals surface area contributed by atoms with Crippen molar-refractivity contribution in [3.8, 4) is 0 Å². The van der Waals surface area contributed by atoms with Crippen LogP contribution in [0.5, 0.6) is 0 Å². The second-order valence-electron chi connectivity index (χ2n) is 9.69. The lowest BCUT2D eigenvalue weighted by atomic mass is 9.98. The molecule has 1 atom stereocenters. The van der Waals surface area contributed by atoms with Gasteiger partial charge in [-0.15, -0.1) is 4.83 Å². The number of urea groups is 1. The van der Waals surface area contributed by atoms with Gasteiger partial charge in [0.25, 0.3) is 10.0 Å². The van der Waals surface area contributed by atoms with Crippen LogP contribution >= 0.6 is 0 Å². The van der Waals surface area contributed by atoms with Crippen LogP contribution in [0.1, 0.15) is 51.4 Å². The van der Waals surface area contributed by atoms with Crippen LogP contribution < -0.4 is 15.9 Å². The molecule has 0 spiro atoms. The quantitative estimate of drug-likeness (QED) is 0.209. The number of hydrogen-bond acceptors (Lipinski definition) is 4. The Kier molecular flexibility index (Phi) is 8.12. The van der Waals surface area contributed by atoms with E-state index in [1.807, 2.05) is 24.3 Å². The van der Waals surface area contributed by atoms with Crippen LogP contribution in [-0.2, 0) is 10.0 Å². The first-order chi connectivity index (χ1) is 16.8. The molecule has 190 valence electrons. The van der Waals surface area contributed by atoms with E-state index in [2.05, 4.69) is 10.1 Å². The Labute approximate surface area is 207 Å². The zero-order valence-corrected chi connectivity index (χ0v) is 20.9. The monoisotopic (exact) mass is 500 g/mol. The third-order valence-electron chi connectivity index (χ3n) is 6.99. The summed E-state index contributed by atoms with van der Waals surface area (Å²) < 4.78 is 26.7. The number of sulfonamides is 1. The molecule has 10 heteroatoms. The molecular formula is C25H36N6O3S. The smallest absolute Gasteiger partial charge is 0.332 e. The molecule has 2 aromatic rings. The maximum atomic E-state index is 13.4. The van der Waals surface area contributed by atoms with E-state index >= 15 is 0 Å². The summed E-state index contributed by atoms with van der Waals surface area (Å²) in [4.78, 5) is 17.8. The van der Waals surface area contributed by atoms with E-state index < -0.39 is 16.1 Å². The summed E-state index contributed by atoms with van der Waals surface area (Å²) >= 11 is 0. The summed E-state index contributed by atoms with van der Waals surface area (Å²) in [6, 6.07) is 12.1. The number of rotatable bonds is 6. The molecule has 1 saturated heterocycles. The zero-order valence-electron chi connectivity index (χ0n) is 20.1. The summed E-state index contributed by atoms with van der Waals surface area (Å²) in [5.41, 5.74) is 5.69. The fourth-order valence-corrected chi connectivity index (χ4v) is 6.14. The van der Waals surface area contributed by atoms with Crippen LogP contribution in [0.4, 0.5) is 4.79 Å². The van der Waals surface area contributed by atoms with E-state index in [-0.39, 0.29) is 29.4 Å². The summed E-state index contributed by atoms with van der Waals surface area (Å²) in [5.74, 6) is -0.00672. The molecule has 2 amide bonds. The molecule has 1 unspecified atom stereocenters. The average molecular weight is 501 g/mol. The highest BCUT2D eigenvalue weighted by molar-refractivity contribution is 7.89. The molecule has 2 aliphatic rings. The summed E-state index contributed by atoms with van der Waals surface area (Å²) in [6.45, 7) is 1.41. The van der Waals surface area contributed by atoms with Gasteiger partial charge < -0.3 is 16.0 Å². The van der Waals surface area contributed by atoms with Crippen molar-refractivity contribution in [1.82, 2.24) is 20.1 Å². The number of hydrogen-bond donors (Lipinski definition) is 4. The van der Waals surface area contributed by atoms with Crippen LogP contribution in [0.15, 0.2) is 47.4 Å². The minimum atomic E-state index is -3.99. The molecule has 0 bridgehead atoms. The Bertz CT molecular complexity index is 1150. The van der Waals surface area contributed by atoms with Gasteiger partial charge in [-0.1, -0.05) is 56.0 Å². The number of carbonyl (C=O) groups is 1. The van der Waals surface area contributed by atoms with Gasteiger partial charge >= 0.3 is 6.03 Å². The first-order valence-corrected chi connectivity index (χ1v) is 14.0. The topological polar surface area (TPSA) is 132 Å². The molecule has 2 fully saturated rings. The number of nitrogens with zero attached hydrogens (tertiary/aromatic N) is 2. The number of amides is 2. The largest absolute Gasteiger partial charge is 0.370 e. The van der Waals surface area contributed by atoms with Crippen molar-refractivity contribution in [3.05, 3.63) is 42.5 Å².